The zero-order valence-electron chi connectivity index (χ0n) is 20.7. The second kappa shape index (κ2) is 10.8. The van der Waals surface area contributed by atoms with E-state index in [0.717, 1.165) is 61.4 Å². The van der Waals surface area contributed by atoms with Crippen molar-refractivity contribution in [3.8, 4) is 11.3 Å². The summed E-state index contributed by atoms with van der Waals surface area (Å²) in [4.78, 5) is 31.6. The van der Waals surface area contributed by atoms with E-state index in [-0.39, 0.29) is 18.1 Å². The molecule has 2 saturated heterocycles. The van der Waals surface area contributed by atoms with Gasteiger partial charge < -0.3 is 20.0 Å². The van der Waals surface area contributed by atoms with Crippen LogP contribution in [0.2, 0.25) is 0 Å². The molecule has 0 atom stereocenters. The van der Waals surface area contributed by atoms with Gasteiger partial charge in [-0.3, -0.25) is 4.68 Å². The van der Waals surface area contributed by atoms with E-state index in [1.165, 1.54) is 0 Å². The fraction of sp³-hybridized carbons (Fsp3) is 0.407. The molecule has 0 radical (unpaired) electrons. The molecule has 188 valence electrons. The molecule has 3 aromatic rings. The molecule has 9 nitrogen and oxygen atoms in total. The van der Waals surface area contributed by atoms with Crippen LogP contribution < -0.4 is 5.32 Å². The van der Waals surface area contributed by atoms with Crippen LogP contribution in [0.3, 0.4) is 0 Å². The first kappa shape index (κ1) is 23.8. The maximum atomic E-state index is 13.0. The van der Waals surface area contributed by atoms with Gasteiger partial charge in [0.05, 0.1) is 6.20 Å². The van der Waals surface area contributed by atoms with E-state index in [4.69, 9.17) is 0 Å². The molecule has 3 heterocycles. The Hall–Kier alpha value is -3.88. The lowest BCUT2D eigenvalue weighted by molar-refractivity contribution is 0.139. The molecule has 1 aromatic heterocycles. The predicted molar refractivity (Wildman–Crippen MR) is 138 cm³/mol. The Balaban J connectivity index is 1.10. The smallest absolute Gasteiger partial charge is 0.321 e. The van der Waals surface area contributed by atoms with E-state index in [1.807, 2.05) is 68.0 Å². The highest BCUT2D eigenvalue weighted by molar-refractivity contribution is 5.89. The number of carbonyl (C=O) groups excluding carboxylic acids is 2. The number of aryl methyl sites for hydroxylation is 1. The van der Waals surface area contributed by atoms with Gasteiger partial charge in [-0.25, -0.2) is 9.59 Å². The maximum absolute atomic E-state index is 13.0. The Labute approximate surface area is 211 Å². The van der Waals surface area contributed by atoms with Crippen LogP contribution in [0.1, 0.15) is 31.7 Å². The number of benzene rings is 2. The summed E-state index contributed by atoms with van der Waals surface area (Å²) in [5, 5.41) is 11.4. The highest BCUT2D eigenvalue weighted by atomic mass is 16.2. The van der Waals surface area contributed by atoms with Crippen molar-refractivity contribution >= 4 is 17.7 Å². The first-order chi connectivity index (χ1) is 17.6. The molecular weight excluding hydrogens is 454 g/mol. The molecule has 2 aliphatic heterocycles. The average molecular weight is 488 g/mol. The molecule has 0 unspecified atom stereocenters. The summed E-state index contributed by atoms with van der Waals surface area (Å²) < 4.78 is 1.84. The highest BCUT2D eigenvalue weighted by Crippen LogP contribution is 2.24. The molecule has 0 aliphatic carbocycles. The van der Waals surface area contributed by atoms with Crippen LogP contribution in [0.15, 0.2) is 60.8 Å². The van der Waals surface area contributed by atoms with Gasteiger partial charge in [-0.1, -0.05) is 54.6 Å². The van der Waals surface area contributed by atoms with Crippen LogP contribution in [0.25, 0.3) is 11.3 Å². The van der Waals surface area contributed by atoms with Crippen LogP contribution in [-0.2, 0) is 13.1 Å². The van der Waals surface area contributed by atoms with E-state index in [1.54, 1.807) is 0 Å². The van der Waals surface area contributed by atoms with Crippen LogP contribution in [0.5, 0.6) is 0 Å². The van der Waals surface area contributed by atoms with E-state index in [0.29, 0.717) is 19.6 Å². The number of hydrogen-bond acceptors (Lipinski definition) is 4. The van der Waals surface area contributed by atoms with Crippen molar-refractivity contribution < 1.29 is 9.59 Å². The number of nitrogens with zero attached hydrogens (tertiary/aromatic N) is 6. The number of amides is 4. The third-order valence-corrected chi connectivity index (χ3v) is 6.96. The molecule has 4 amide bonds. The van der Waals surface area contributed by atoms with Crippen LogP contribution >= 0.6 is 0 Å². The molecule has 2 aliphatic rings. The molecular formula is C27H33N7O2. The number of likely N-dealkylation sites (tertiary alicyclic amines) is 1. The van der Waals surface area contributed by atoms with Crippen molar-refractivity contribution in [3.05, 3.63) is 66.4 Å². The summed E-state index contributed by atoms with van der Waals surface area (Å²) in [6, 6.07) is 18.0. The number of anilines is 1. The van der Waals surface area contributed by atoms with E-state index in [2.05, 4.69) is 34.7 Å². The number of hydrogen-bond donors (Lipinski definition) is 1. The number of aromatic nitrogens is 3. The standard InChI is InChI=1S/C27H33N7O2/c1-2-14-33-20-25(29-30-33)22-8-10-23(11-9-22)28-26(35)31-15-12-24(13-16-31)34-18-17-32(27(34)36)19-21-6-4-3-5-7-21/h3-11,20,24H,2,12-19H2,1H3,(H,28,35). The average Bonchev–Trinajstić information content (AvgIpc) is 3.52. The quantitative estimate of drug-likeness (QED) is 0.539. The van der Waals surface area contributed by atoms with Gasteiger partial charge in [-0.15, -0.1) is 5.10 Å². The minimum absolute atomic E-state index is 0.103. The Morgan fingerprint density at radius 1 is 1.00 bits per heavy atom. The molecule has 9 heteroatoms. The van der Waals surface area contributed by atoms with Crippen LogP contribution in [0, 0.1) is 0 Å². The fourth-order valence-electron chi connectivity index (χ4n) is 4.97. The first-order valence-corrected chi connectivity index (χ1v) is 12.8. The summed E-state index contributed by atoms with van der Waals surface area (Å²) in [5.74, 6) is 0. The van der Waals surface area contributed by atoms with E-state index < -0.39 is 0 Å². The number of rotatable bonds is 7. The minimum Gasteiger partial charge on any atom is -0.324 e. The van der Waals surface area contributed by atoms with Crippen LogP contribution in [0.4, 0.5) is 15.3 Å². The zero-order valence-corrected chi connectivity index (χ0v) is 20.7. The molecule has 5 rings (SSSR count). The predicted octanol–water partition coefficient (Wildman–Crippen LogP) is 4.29. The Kier molecular flexibility index (Phi) is 7.16. The van der Waals surface area contributed by atoms with E-state index in [9.17, 15) is 9.59 Å². The molecule has 36 heavy (non-hydrogen) atoms. The van der Waals surface area contributed by atoms with Crippen LogP contribution in [-0.4, -0.2) is 74.0 Å². The number of piperidine rings is 1. The molecule has 0 bridgehead atoms. The summed E-state index contributed by atoms with van der Waals surface area (Å²) in [5.41, 5.74) is 3.68. The number of urea groups is 2. The molecule has 0 saturated carbocycles. The molecule has 0 spiro atoms. The summed E-state index contributed by atoms with van der Waals surface area (Å²) in [7, 11) is 0. The lowest BCUT2D eigenvalue weighted by Crippen LogP contribution is -2.49. The topological polar surface area (TPSA) is 86.6 Å². The Morgan fingerprint density at radius 2 is 1.75 bits per heavy atom. The van der Waals surface area contributed by atoms with E-state index >= 15 is 0 Å². The Morgan fingerprint density at radius 3 is 2.47 bits per heavy atom. The SMILES string of the molecule is CCCn1cc(-c2ccc(NC(=O)N3CCC(N4CCN(Cc5ccccc5)C4=O)CC3)cc2)nn1. The van der Waals surface area contributed by atoms with Gasteiger partial charge >= 0.3 is 12.1 Å². The van der Waals surface area contributed by atoms with Crippen molar-refractivity contribution in [2.45, 2.75) is 45.3 Å². The molecule has 1 N–H and O–H groups in total. The summed E-state index contributed by atoms with van der Waals surface area (Å²) in [6.45, 7) is 6.37. The van der Waals surface area contributed by atoms with Gasteiger partial charge in [0, 0.05) is 56.6 Å². The van der Waals surface area contributed by atoms with Gasteiger partial charge in [0.15, 0.2) is 0 Å². The summed E-state index contributed by atoms with van der Waals surface area (Å²) in [6.07, 6.45) is 4.54. The Bertz CT molecular complexity index is 1170. The van der Waals surface area contributed by atoms with Gasteiger partial charge in [0.1, 0.15) is 5.69 Å². The van der Waals surface area contributed by atoms with Crippen molar-refractivity contribution in [1.82, 2.24) is 29.7 Å². The number of nitrogens with one attached hydrogen (secondary N) is 1. The number of carbonyl (C=O) groups is 2. The lowest BCUT2D eigenvalue weighted by Gasteiger charge is -2.36. The largest absolute Gasteiger partial charge is 0.324 e. The normalized spacial score (nSPS) is 16.6. The maximum Gasteiger partial charge on any atom is 0.321 e. The third kappa shape index (κ3) is 5.35. The van der Waals surface area contributed by atoms with Crippen molar-refractivity contribution in [2.24, 2.45) is 0 Å². The molecule has 2 fully saturated rings. The van der Waals surface area contributed by atoms with Crippen molar-refractivity contribution in [2.75, 3.05) is 31.5 Å². The monoisotopic (exact) mass is 487 g/mol. The minimum atomic E-state index is -0.103. The first-order valence-electron chi connectivity index (χ1n) is 12.8. The summed E-state index contributed by atoms with van der Waals surface area (Å²) >= 11 is 0. The van der Waals surface area contributed by atoms with Crippen molar-refractivity contribution in [3.63, 3.8) is 0 Å². The van der Waals surface area contributed by atoms with Gasteiger partial charge in [-0.05, 0) is 37.0 Å². The highest BCUT2D eigenvalue weighted by Gasteiger charge is 2.36. The van der Waals surface area contributed by atoms with Gasteiger partial charge in [0.25, 0.3) is 0 Å². The zero-order chi connectivity index (χ0) is 24.9. The van der Waals surface area contributed by atoms with Crippen molar-refractivity contribution in [1.29, 1.82) is 0 Å². The second-order valence-corrected chi connectivity index (χ2v) is 9.48. The lowest BCUT2D eigenvalue weighted by atomic mass is 10.0. The third-order valence-electron chi connectivity index (χ3n) is 6.96. The second-order valence-electron chi connectivity index (χ2n) is 9.48. The molecule has 2 aromatic carbocycles. The fourth-order valence-corrected chi connectivity index (χ4v) is 4.97. The van der Waals surface area contributed by atoms with Gasteiger partial charge in [-0.2, -0.15) is 0 Å². The van der Waals surface area contributed by atoms with Gasteiger partial charge in [0.2, 0.25) is 0 Å².